The van der Waals surface area contributed by atoms with E-state index in [1.54, 1.807) is 0 Å². The smallest absolute Gasteiger partial charge is 0.0845 e. The summed E-state index contributed by atoms with van der Waals surface area (Å²) in [6.45, 7) is 7.64. The van der Waals surface area contributed by atoms with Gasteiger partial charge >= 0.3 is 0 Å². The van der Waals surface area contributed by atoms with Gasteiger partial charge in [0.25, 0.3) is 0 Å². The molecule has 0 bridgehead atoms. The highest BCUT2D eigenvalue weighted by atomic mass is 16.6. The maximum Gasteiger partial charge on any atom is 0.0845 e. The molecule has 1 saturated heterocycles. The molecule has 15 heavy (non-hydrogen) atoms. The summed E-state index contributed by atoms with van der Waals surface area (Å²) < 4.78 is 11.4. The summed E-state index contributed by atoms with van der Waals surface area (Å²) in [6, 6.07) is 0. The second kappa shape index (κ2) is 4.84. The van der Waals surface area contributed by atoms with E-state index in [2.05, 4.69) is 20.8 Å². The van der Waals surface area contributed by atoms with Crippen LogP contribution < -0.4 is 0 Å². The molecule has 4 atom stereocenters. The van der Waals surface area contributed by atoms with Crippen LogP contribution in [0.15, 0.2) is 0 Å². The van der Waals surface area contributed by atoms with Gasteiger partial charge in [-0.3, -0.25) is 0 Å². The summed E-state index contributed by atoms with van der Waals surface area (Å²) in [5, 5.41) is 0. The molecule has 2 fully saturated rings. The van der Waals surface area contributed by atoms with Gasteiger partial charge in [-0.25, -0.2) is 0 Å². The lowest BCUT2D eigenvalue weighted by atomic mass is 9.90. The molecule has 4 unspecified atom stereocenters. The Labute approximate surface area is 93.3 Å². The standard InChI is InChI=1S/C13H24O2/c1-9(2)6-10(3)14-8-11-4-5-12-13(7-11)15-12/h9-13H,4-8H2,1-3H3. The van der Waals surface area contributed by atoms with E-state index in [1.165, 1.54) is 25.7 Å². The van der Waals surface area contributed by atoms with Gasteiger partial charge in [0.15, 0.2) is 0 Å². The molecule has 1 aliphatic carbocycles. The van der Waals surface area contributed by atoms with Crippen molar-refractivity contribution in [3.05, 3.63) is 0 Å². The van der Waals surface area contributed by atoms with Crippen LogP contribution in [0.25, 0.3) is 0 Å². The van der Waals surface area contributed by atoms with E-state index in [0.29, 0.717) is 18.3 Å². The molecule has 0 aromatic rings. The average molecular weight is 212 g/mol. The van der Waals surface area contributed by atoms with Crippen LogP contribution in [0.3, 0.4) is 0 Å². The summed E-state index contributed by atoms with van der Waals surface area (Å²) in [5.74, 6) is 1.49. The highest BCUT2D eigenvalue weighted by Crippen LogP contribution is 2.39. The quantitative estimate of drug-likeness (QED) is 0.653. The Hall–Kier alpha value is -0.0800. The molecule has 1 heterocycles. The third kappa shape index (κ3) is 3.46. The SMILES string of the molecule is CC(C)CC(C)OCC1CCC2OC2C1. The van der Waals surface area contributed by atoms with Gasteiger partial charge in [-0.1, -0.05) is 13.8 Å². The van der Waals surface area contributed by atoms with Gasteiger partial charge in [-0.2, -0.15) is 0 Å². The van der Waals surface area contributed by atoms with E-state index in [9.17, 15) is 0 Å². The summed E-state index contributed by atoms with van der Waals surface area (Å²) >= 11 is 0. The Balaban J connectivity index is 1.60. The fourth-order valence-corrected chi connectivity index (χ4v) is 2.67. The van der Waals surface area contributed by atoms with Crippen molar-refractivity contribution >= 4 is 0 Å². The van der Waals surface area contributed by atoms with E-state index in [0.717, 1.165) is 18.4 Å². The molecule has 1 saturated carbocycles. The van der Waals surface area contributed by atoms with Crippen LogP contribution in [0.4, 0.5) is 0 Å². The van der Waals surface area contributed by atoms with Crippen molar-refractivity contribution in [1.29, 1.82) is 0 Å². The van der Waals surface area contributed by atoms with Crippen LogP contribution in [0.5, 0.6) is 0 Å². The number of epoxide rings is 1. The number of rotatable bonds is 5. The molecule has 1 aliphatic heterocycles. The van der Waals surface area contributed by atoms with Gasteiger partial charge in [0, 0.05) is 6.61 Å². The van der Waals surface area contributed by atoms with Crippen LogP contribution in [0, 0.1) is 11.8 Å². The zero-order chi connectivity index (χ0) is 10.8. The van der Waals surface area contributed by atoms with Crippen LogP contribution >= 0.6 is 0 Å². The summed E-state index contributed by atoms with van der Waals surface area (Å²) in [7, 11) is 0. The van der Waals surface area contributed by atoms with Gasteiger partial charge in [-0.15, -0.1) is 0 Å². The zero-order valence-corrected chi connectivity index (χ0v) is 10.2. The molecule has 88 valence electrons. The molecule has 2 aliphatic rings. The molecule has 0 N–H and O–H groups in total. The van der Waals surface area contributed by atoms with Gasteiger partial charge in [0.2, 0.25) is 0 Å². The Morgan fingerprint density at radius 3 is 2.67 bits per heavy atom. The third-order valence-corrected chi connectivity index (χ3v) is 3.53. The lowest BCUT2D eigenvalue weighted by molar-refractivity contribution is 0.0219. The van der Waals surface area contributed by atoms with E-state index in [1.807, 2.05) is 0 Å². The van der Waals surface area contributed by atoms with Crippen molar-refractivity contribution < 1.29 is 9.47 Å². The zero-order valence-electron chi connectivity index (χ0n) is 10.2. The predicted octanol–water partition coefficient (Wildman–Crippen LogP) is 3.01. The average Bonchev–Trinajstić information content (AvgIpc) is 2.91. The second-order valence-corrected chi connectivity index (χ2v) is 5.67. The molecule has 0 radical (unpaired) electrons. The maximum atomic E-state index is 5.90. The Bertz CT molecular complexity index is 203. The highest BCUT2D eigenvalue weighted by Gasteiger charge is 2.43. The summed E-state index contributed by atoms with van der Waals surface area (Å²) in [6.07, 6.45) is 6.60. The van der Waals surface area contributed by atoms with Crippen LogP contribution in [0.2, 0.25) is 0 Å². The van der Waals surface area contributed by atoms with Crippen molar-refractivity contribution in [2.45, 2.75) is 64.8 Å². The minimum Gasteiger partial charge on any atom is -0.378 e. The van der Waals surface area contributed by atoms with Gasteiger partial charge < -0.3 is 9.47 Å². The van der Waals surface area contributed by atoms with Gasteiger partial charge in [0.05, 0.1) is 18.3 Å². The first-order chi connectivity index (χ1) is 7.15. The van der Waals surface area contributed by atoms with E-state index < -0.39 is 0 Å². The minimum absolute atomic E-state index is 0.419. The lowest BCUT2D eigenvalue weighted by Gasteiger charge is -2.22. The number of hydrogen-bond acceptors (Lipinski definition) is 2. The van der Waals surface area contributed by atoms with Crippen molar-refractivity contribution in [2.24, 2.45) is 11.8 Å². The maximum absolute atomic E-state index is 5.90. The number of fused-ring (bicyclic) bond motifs is 1. The lowest BCUT2D eigenvalue weighted by Crippen LogP contribution is -2.22. The number of ether oxygens (including phenoxy) is 2. The molecule has 0 amide bonds. The topological polar surface area (TPSA) is 21.8 Å². The Kier molecular flexibility index (Phi) is 3.68. The van der Waals surface area contributed by atoms with Crippen LogP contribution in [0.1, 0.15) is 46.5 Å². The van der Waals surface area contributed by atoms with Crippen LogP contribution in [-0.2, 0) is 9.47 Å². The van der Waals surface area contributed by atoms with E-state index >= 15 is 0 Å². The Morgan fingerprint density at radius 2 is 2.00 bits per heavy atom. The predicted molar refractivity (Wildman–Crippen MR) is 60.9 cm³/mol. The van der Waals surface area contributed by atoms with Crippen molar-refractivity contribution in [3.8, 4) is 0 Å². The monoisotopic (exact) mass is 212 g/mol. The van der Waals surface area contributed by atoms with Gasteiger partial charge in [-0.05, 0) is 44.4 Å². The molecule has 2 heteroatoms. The summed E-state index contributed by atoms with van der Waals surface area (Å²) in [4.78, 5) is 0. The van der Waals surface area contributed by atoms with Crippen molar-refractivity contribution in [2.75, 3.05) is 6.61 Å². The largest absolute Gasteiger partial charge is 0.378 e. The summed E-state index contributed by atoms with van der Waals surface area (Å²) in [5.41, 5.74) is 0. The fourth-order valence-electron chi connectivity index (χ4n) is 2.67. The highest BCUT2D eigenvalue weighted by molar-refractivity contribution is 4.91. The van der Waals surface area contributed by atoms with Crippen LogP contribution in [-0.4, -0.2) is 24.9 Å². The first-order valence-corrected chi connectivity index (χ1v) is 6.42. The first kappa shape index (κ1) is 11.4. The van der Waals surface area contributed by atoms with Gasteiger partial charge in [0.1, 0.15) is 0 Å². The van der Waals surface area contributed by atoms with E-state index in [4.69, 9.17) is 9.47 Å². The third-order valence-electron chi connectivity index (χ3n) is 3.53. The first-order valence-electron chi connectivity index (χ1n) is 6.42. The number of hydrogen-bond donors (Lipinski definition) is 0. The molecule has 0 aromatic heterocycles. The molecule has 0 aromatic carbocycles. The van der Waals surface area contributed by atoms with Crippen molar-refractivity contribution in [3.63, 3.8) is 0 Å². The molecular formula is C13H24O2. The van der Waals surface area contributed by atoms with E-state index in [-0.39, 0.29) is 0 Å². The molecule has 2 rings (SSSR count). The normalized spacial score (nSPS) is 36.4. The second-order valence-electron chi connectivity index (χ2n) is 5.67. The molecule has 2 nitrogen and oxygen atoms in total. The van der Waals surface area contributed by atoms with Crippen molar-refractivity contribution in [1.82, 2.24) is 0 Å². The molecular weight excluding hydrogens is 188 g/mol. The minimum atomic E-state index is 0.419. The molecule has 0 spiro atoms. The fraction of sp³-hybridized carbons (Fsp3) is 1.00. The Morgan fingerprint density at radius 1 is 1.20 bits per heavy atom.